The van der Waals surface area contributed by atoms with E-state index in [1.165, 1.54) is 19.2 Å². The molecule has 1 fully saturated rings. The summed E-state index contributed by atoms with van der Waals surface area (Å²) in [6.45, 7) is 0.996. The lowest BCUT2D eigenvalue weighted by Crippen LogP contribution is -2.49. The van der Waals surface area contributed by atoms with Crippen LogP contribution in [0.1, 0.15) is 37.1 Å². The fourth-order valence-corrected chi connectivity index (χ4v) is 4.32. The van der Waals surface area contributed by atoms with E-state index in [9.17, 15) is 14.0 Å². The molecule has 4 rings (SSSR count). The summed E-state index contributed by atoms with van der Waals surface area (Å²) in [7, 11) is 1.41. The number of likely N-dealkylation sites (tertiary alicyclic amines) is 1. The molecule has 1 amide bonds. The molecule has 1 aromatic heterocycles. The summed E-state index contributed by atoms with van der Waals surface area (Å²) in [4.78, 5) is 31.5. The minimum absolute atomic E-state index is 0.0415. The van der Waals surface area contributed by atoms with Gasteiger partial charge in [0.05, 0.1) is 12.5 Å². The fraction of sp³-hybridized carbons (Fsp3) is 0.360. The monoisotopic (exact) mass is 451 g/mol. The minimum Gasteiger partial charge on any atom is -0.468 e. The molecule has 0 bridgehead atoms. The summed E-state index contributed by atoms with van der Waals surface area (Å²) in [5.41, 5.74) is 0.883. The third-order valence-corrected chi connectivity index (χ3v) is 6.22. The van der Waals surface area contributed by atoms with Crippen molar-refractivity contribution < 1.29 is 23.2 Å². The quantitative estimate of drug-likeness (QED) is 0.506. The molecule has 0 saturated carbocycles. The Bertz CT molecular complexity index is 1090. The van der Waals surface area contributed by atoms with E-state index >= 15 is 0 Å². The van der Waals surface area contributed by atoms with Crippen LogP contribution >= 0.6 is 0 Å². The zero-order valence-corrected chi connectivity index (χ0v) is 18.5. The van der Waals surface area contributed by atoms with Crippen molar-refractivity contribution in [2.24, 2.45) is 0 Å². The second kappa shape index (κ2) is 9.94. The normalized spacial score (nSPS) is 15.3. The first-order chi connectivity index (χ1) is 16.0. The Morgan fingerprint density at radius 1 is 1.09 bits per heavy atom. The summed E-state index contributed by atoms with van der Waals surface area (Å²) in [6.07, 6.45) is 2.45. The number of ether oxygens (including phenoxy) is 1. The number of hydrogen-bond acceptors (Lipinski definition) is 6. The van der Waals surface area contributed by atoms with Crippen LogP contribution in [0.25, 0.3) is 11.4 Å². The second-order valence-corrected chi connectivity index (χ2v) is 8.19. The van der Waals surface area contributed by atoms with Gasteiger partial charge in [0.2, 0.25) is 17.6 Å². The van der Waals surface area contributed by atoms with Gasteiger partial charge in [-0.2, -0.15) is 4.98 Å². The van der Waals surface area contributed by atoms with Crippen molar-refractivity contribution in [2.75, 3.05) is 20.2 Å². The van der Waals surface area contributed by atoms with Crippen molar-refractivity contribution >= 4 is 11.9 Å². The van der Waals surface area contributed by atoms with E-state index in [-0.39, 0.29) is 17.7 Å². The predicted molar refractivity (Wildman–Crippen MR) is 119 cm³/mol. The molecule has 1 aliphatic rings. The van der Waals surface area contributed by atoms with E-state index in [4.69, 9.17) is 9.26 Å². The summed E-state index contributed by atoms with van der Waals surface area (Å²) < 4.78 is 23.4. The highest BCUT2D eigenvalue weighted by Crippen LogP contribution is 2.37. The van der Waals surface area contributed by atoms with Gasteiger partial charge in [0, 0.05) is 31.5 Å². The van der Waals surface area contributed by atoms with Crippen LogP contribution in [0.2, 0.25) is 0 Å². The maximum atomic E-state index is 13.1. The highest BCUT2D eigenvalue weighted by molar-refractivity contribution is 5.84. The SMILES string of the molecule is COC(=O)C1(c2ccccc2)CCN(C(=O)CCCc2nc(-c3ccc(F)cc3)no2)CC1. The maximum absolute atomic E-state index is 13.1. The number of nitrogens with zero attached hydrogens (tertiary/aromatic N) is 3. The van der Waals surface area contributed by atoms with Crippen molar-refractivity contribution in [1.82, 2.24) is 15.0 Å². The van der Waals surface area contributed by atoms with Gasteiger partial charge in [0.25, 0.3) is 0 Å². The smallest absolute Gasteiger partial charge is 0.316 e. The fourth-order valence-electron chi connectivity index (χ4n) is 4.32. The van der Waals surface area contributed by atoms with Crippen LogP contribution in [-0.4, -0.2) is 47.1 Å². The van der Waals surface area contributed by atoms with E-state index < -0.39 is 5.41 Å². The van der Waals surface area contributed by atoms with Crippen LogP contribution < -0.4 is 0 Å². The average Bonchev–Trinajstić information content (AvgIpc) is 3.33. The van der Waals surface area contributed by atoms with Gasteiger partial charge in [-0.05, 0) is 49.1 Å². The Morgan fingerprint density at radius 2 is 1.79 bits per heavy atom. The number of piperidine rings is 1. The van der Waals surface area contributed by atoms with Crippen molar-refractivity contribution in [2.45, 2.75) is 37.5 Å². The summed E-state index contributed by atoms with van der Waals surface area (Å²) in [5, 5.41) is 3.93. The number of carbonyl (C=O) groups is 2. The van der Waals surface area contributed by atoms with E-state index in [0.29, 0.717) is 62.5 Å². The van der Waals surface area contributed by atoms with E-state index in [1.54, 1.807) is 12.1 Å². The molecule has 3 aromatic rings. The van der Waals surface area contributed by atoms with Gasteiger partial charge in [-0.15, -0.1) is 0 Å². The van der Waals surface area contributed by atoms with Crippen molar-refractivity contribution in [3.63, 3.8) is 0 Å². The molecular formula is C25H26FN3O4. The summed E-state index contributed by atoms with van der Waals surface area (Å²) in [6, 6.07) is 15.5. The molecule has 0 atom stereocenters. The van der Waals surface area contributed by atoms with E-state index in [0.717, 1.165) is 5.56 Å². The van der Waals surface area contributed by atoms with Gasteiger partial charge >= 0.3 is 5.97 Å². The molecule has 2 heterocycles. The van der Waals surface area contributed by atoms with Gasteiger partial charge in [-0.25, -0.2) is 4.39 Å². The van der Waals surface area contributed by atoms with Gasteiger partial charge in [-0.1, -0.05) is 35.5 Å². The number of benzene rings is 2. The van der Waals surface area contributed by atoms with Crippen molar-refractivity contribution in [3.8, 4) is 11.4 Å². The molecule has 1 saturated heterocycles. The topological polar surface area (TPSA) is 85.5 Å². The van der Waals surface area contributed by atoms with E-state index in [2.05, 4.69) is 10.1 Å². The molecule has 1 aliphatic heterocycles. The first-order valence-electron chi connectivity index (χ1n) is 11.0. The van der Waals surface area contributed by atoms with Crippen molar-refractivity contribution in [3.05, 3.63) is 71.9 Å². The third-order valence-electron chi connectivity index (χ3n) is 6.22. The largest absolute Gasteiger partial charge is 0.468 e. The molecule has 8 heteroatoms. The van der Waals surface area contributed by atoms with Gasteiger partial charge in [-0.3, -0.25) is 9.59 Å². The van der Waals surface area contributed by atoms with Crippen LogP contribution in [0, 0.1) is 5.82 Å². The number of esters is 1. The molecule has 172 valence electrons. The minimum atomic E-state index is -0.715. The van der Waals surface area contributed by atoms with Gasteiger partial charge in [0.1, 0.15) is 5.82 Å². The molecule has 0 unspecified atom stereocenters. The lowest BCUT2D eigenvalue weighted by molar-refractivity contribution is -0.151. The predicted octanol–water partition coefficient (Wildman–Crippen LogP) is 3.93. The summed E-state index contributed by atoms with van der Waals surface area (Å²) in [5.74, 6) is 0.294. The second-order valence-electron chi connectivity index (χ2n) is 8.19. The standard InChI is InChI=1S/C25H26FN3O4/c1-32-24(31)25(19-6-3-2-4-7-19)14-16-29(17-15-25)22(30)9-5-8-21-27-23(28-33-21)18-10-12-20(26)13-11-18/h2-4,6-7,10-13H,5,8-9,14-17H2,1H3. The molecule has 0 spiro atoms. The van der Waals surface area contributed by atoms with Crippen LogP contribution in [0.5, 0.6) is 0 Å². The molecule has 33 heavy (non-hydrogen) atoms. The lowest BCUT2D eigenvalue weighted by atomic mass is 9.72. The van der Waals surface area contributed by atoms with Crippen LogP contribution in [0.4, 0.5) is 4.39 Å². The third kappa shape index (κ3) is 4.94. The number of rotatable bonds is 7. The molecule has 7 nitrogen and oxygen atoms in total. The first kappa shape index (κ1) is 22.6. The molecule has 0 aliphatic carbocycles. The van der Waals surface area contributed by atoms with Gasteiger partial charge in [0.15, 0.2) is 0 Å². The van der Waals surface area contributed by atoms with Crippen LogP contribution in [-0.2, 0) is 26.2 Å². The Morgan fingerprint density at radius 3 is 2.45 bits per heavy atom. The van der Waals surface area contributed by atoms with E-state index in [1.807, 2.05) is 35.2 Å². The van der Waals surface area contributed by atoms with Crippen LogP contribution in [0.3, 0.4) is 0 Å². The zero-order chi connectivity index (χ0) is 23.3. The number of carbonyl (C=O) groups excluding carboxylic acids is 2. The lowest BCUT2D eigenvalue weighted by Gasteiger charge is -2.40. The molecular weight excluding hydrogens is 425 g/mol. The summed E-state index contributed by atoms with van der Waals surface area (Å²) >= 11 is 0. The number of aryl methyl sites for hydroxylation is 1. The van der Waals surface area contributed by atoms with Crippen molar-refractivity contribution in [1.29, 1.82) is 0 Å². The number of amides is 1. The Labute approximate surface area is 191 Å². The Hall–Kier alpha value is -3.55. The zero-order valence-electron chi connectivity index (χ0n) is 18.5. The molecule has 0 radical (unpaired) electrons. The number of aromatic nitrogens is 2. The highest BCUT2D eigenvalue weighted by Gasteiger charge is 2.44. The average molecular weight is 451 g/mol. The number of methoxy groups -OCH3 is 1. The number of halogens is 1. The number of hydrogen-bond donors (Lipinski definition) is 0. The molecule has 0 N–H and O–H groups in total. The maximum Gasteiger partial charge on any atom is 0.316 e. The molecule has 2 aromatic carbocycles. The van der Waals surface area contributed by atoms with Crippen LogP contribution in [0.15, 0.2) is 59.1 Å². The van der Waals surface area contributed by atoms with Gasteiger partial charge < -0.3 is 14.2 Å². The first-order valence-corrected chi connectivity index (χ1v) is 11.0. The Balaban J connectivity index is 1.30. The highest BCUT2D eigenvalue weighted by atomic mass is 19.1. The Kier molecular flexibility index (Phi) is 6.82.